The van der Waals surface area contributed by atoms with E-state index in [1.165, 1.54) is 5.57 Å². The first-order chi connectivity index (χ1) is 6.26. The summed E-state index contributed by atoms with van der Waals surface area (Å²) in [6.07, 6.45) is 5.08. The molecule has 0 radical (unpaired) electrons. The molecule has 0 aromatic heterocycles. The molecule has 0 aliphatic heterocycles. The van der Waals surface area contributed by atoms with Crippen LogP contribution in [0.5, 0.6) is 0 Å². The summed E-state index contributed by atoms with van der Waals surface area (Å²) in [7, 11) is 0. The lowest BCUT2D eigenvalue weighted by atomic mass is 10.1. The van der Waals surface area contributed by atoms with Crippen LogP contribution < -0.4 is 0 Å². The van der Waals surface area contributed by atoms with Crippen LogP contribution in [0.2, 0.25) is 0 Å². The zero-order valence-corrected chi connectivity index (χ0v) is 9.01. The monoisotopic (exact) mass is 180 g/mol. The average Bonchev–Trinajstić information content (AvgIpc) is 2.14. The van der Waals surface area contributed by atoms with Crippen molar-refractivity contribution < 1.29 is 0 Å². The Balaban J connectivity index is 4.35. The summed E-state index contributed by atoms with van der Waals surface area (Å²) in [4.78, 5) is 8.23. The third kappa shape index (κ3) is 5.34. The van der Waals surface area contributed by atoms with Gasteiger partial charge in [-0.1, -0.05) is 20.3 Å². The Morgan fingerprint density at radius 3 is 2.46 bits per heavy atom. The minimum atomic E-state index is 0.907. The number of allylic oxidation sites excluding steroid dienone is 1. The maximum Gasteiger partial charge on any atom is 0.0389 e. The lowest BCUT2D eigenvalue weighted by Crippen LogP contribution is -1.98. The third-order valence-corrected chi connectivity index (χ3v) is 1.80. The van der Waals surface area contributed by atoms with E-state index in [0.717, 1.165) is 31.5 Å². The summed E-state index contributed by atoms with van der Waals surface area (Å²) in [6.45, 7) is 10.7. The second-order valence-corrected chi connectivity index (χ2v) is 3.05. The Kier molecular flexibility index (Phi) is 7.17. The average molecular weight is 180 g/mol. The van der Waals surface area contributed by atoms with Gasteiger partial charge in [-0.15, -0.1) is 0 Å². The van der Waals surface area contributed by atoms with Gasteiger partial charge < -0.3 is 0 Å². The van der Waals surface area contributed by atoms with Gasteiger partial charge in [-0.05, 0) is 32.1 Å². The quantitative estimate of drug-likeness (QED) is 0.561. The Labute approximate surface area is 81.5 Å². The molecule has 0 amide bonds. The zero-order valence-electron chi connectivity index (χ0n) is 9.01. The first-order valence-electron chi connectivity index (χ1n) is 4.92. The first-order valence-corrected chi connectivity index (χ1v) is 4.92. The van der Waals surface area contributed by atoms with Gasteiger partial charge in [0, 0.05) is 18.5 Å². The molecule has 0 aromatic carbocycles. The molecule has 0 saturated carbocycles. The van der Waals surface area contributed by atoms with Gasteiger partial charge in [0.05, 0.1) is 0 Å². The van der Waals surface area contributed by atoms with Crippen LogP contribution in [0.25, 0.3) is 0 Å². The van der Waals surface area contributed by atoms with Gasteiger partial charge in [0.15, 0.2) is 0 Å². The predicted molar refractivity (Wildman–Crippen MR) is 60.8 cm³/mol. The second kappa shape index (κ2) is 7.71. The highest BCUT2D eigenvalue weighted by molar-refractivity contribution is 5.98. The molecule has 0 atom stereocenters. The zero-order chi connectivity index (χ0) is 10.1. The van der Waals surface area contributed by atoms with Gasteiger partial charge >= 0.3 is 0 Å². The highest BCUT2D eigenvalue weighted by Crippen LogP contribution is 2.07. The van der Waals surface area contributed by atoms with Crippen LogP contribution in [0.1, 0.15) is 40.0 Å². The summed E-state index contributed by atoms with van der Waals surface area (Å²) in [5.41, 5.74) is 2.32. The fourth-order valence-corrected chi connectivity index (χ4v) is 1.10. The van der Waals surface area contributed by atoms with Crippen LogP contribution >= 0.6 is 0 Å². The number of hydrogen-bond donors (Lipinski definition) is 0. The van der Waals surface area contributed by atoms with Crippen LogP contribution in [-0.2, 0) is 0 Å². The van der Waals surface area contributed by atoms with Crippen molar-refractivity contribution in [1.29, 1.82) is 0 Å². The van der Waals surface area contributed by atoms with E-state index in [0.29, 0.717) is 0 Å². The van der Waals surface area contributed by atoms with Crippen molar-refractivity contribution in [1.82, 2.24) is 0 Å². The molecule has 74 valence electrons. The Morgan fingerprint density at radius 2 is 2.00 bits per heavy atom. The van der Waals surface area contributed by atoms with Crippen LogP contribution in [0.4, 0.5) is 0 Å². The molecule has 0 aliphatic carbocycles. The molecule has 0 heterocycles. The molecule has 13 heavy (non-hydrogen) atoms. The van der Waals surface area contributed by atoms with E-state index in [-0.39, 0.29) is 0 Å². The number of rotatable bonds is 6. The van der Waals surface area contributed by atoms with Crippen LogP contribution in [0, 0.1) is 0 Å². The molecule has 0 bridgehead atoms. The largest absolute Gasteiger partial charge is 0.290 e. The number of nitrogens with zero attached hydrogens (tertiary/aromatic N) is 2. The summed E-state index contributed by atoms with van der Waals surface area (Å²) < 4.78 is 0. The van der Waals surface area contributed by atoms with E-state index >= 15 is 0 Å². The highest BCUT2D eigenvalue weighted by atomic mass is 14.7. The van der Waals surface area contributed by atoms with Crippen molar-refractivity contribution in [3.63, 3.8) is 0 Å². The maximum absolute atomic E-state index is 4.44. The minimum Gasteiger partial charge on any atom is -0.290 e. The van der Waals surface area contributed by atoms with E-state index < -0.39 is 0 Å². The smallest absolute Gasteiger partial charge is 0.0389 e. The molecule has 0 unspecified atom stereocenters. The van der Waals surface area contributed by atoms with Gasteiger partial charge in [-0.3, -0.25) is 9.98 Å². The van der Waals surface area contributed by atoms with E-state index in [4.69, 9.17) is 0 Å². The van der Waals surface area contributed by atoms with E-state index in [1.54, 1.807) is 0 Å². The Morgan fingerprint density at radius 1 is 1.31 bits per heavy atom. The molecular formula is C11H20N2. The van der Waals surface area contributed by atoms with Crippen LogP contribution in [-0.4, -0.2) is 19.0 Å². The molecular weight excluding hydrogens is 160 g/mol. The Bertz CT molecular complexity index is 202. The lowest BCUT2D eigenvalue weighted by molar-refractivity contribution is 0.908. The maximum atomic E-state index is 4.44. The summed E-state index contributed by atoms with van der Waals surface area (Å²) >= 11 is 0. The molecule has 0 aliphatic rings. The van der Waals surface area contributed by atoms with Gasteiger partial charge in [0.2, 0.25) is 0 Å². The third-order valence-electron chi connectivity index (χ3n) is 1.80. The van der Waals surface area contributed by atoms with Gasteiger partial charge in [0.25, 0.3) is 0 Å². The highest BCUT2D eigenvalue weighted by Gasteiger charge is 1.98. The second-order valence-electron chi connectivity index (χ2n) is 3.05. The summed E-state index contributed by atoms with van der Waals surface area (Å²) in [5.74, 6) is 0. The van der Waals surface area contributed by atoms with E-state index in [9.17, 15) is 0 Å². The number of aliphatic imine (C=N–C) groups is 2. The minimum absolute atomic E-state index is 0.907. The van der Waals surface area contributed by atoms with Crippen molar-refractivity contribution >= 4 is 12.4 Å². The topological polar surface area (TPSA) is 24.7 Å². The predicted octanol–water partition coefficient (Wildman–Crippen LogP) is 3.24. The molecule has 0 fully saturated rings. The van der Waals surface area contributed by atoms with Crippen molar-refractivity contribution in [2.75, 3.05) is 6.54 Å². The van der Waals surface area contributed by atoms with Crippen LogP contribution in [0.3, 0.4) is 0 Å². The molecule has 0 aromatic rings. The van der Waals surface area contributed by atoms with Crippen LogP contribution in [0.15, 0.2) is 21.8 Å². The van der Waals surface area contributed by atoms with Gasteiger partial charge in [-0.2, -0.15) is 0 Å². The summed E-state index contributed by atoms with van der Waals surface area (Å²) in [5, 5.41) is 0. The fraction of sp³-hybridized carbons (Fsp3) is 0.636. The van der Waals surface area contributed by atoms with Crippen molar-refractivity contribution in [2.24, 2.45) is 9.98 Å². The van der Waals surface area contributed by atoms with Gasteiger partial charge in [0.1, 0.15) is 0 Å². The number of hydrogen-bond acceptors (Lipinski definition) is 2. The van der Waals surface area contributed by atoms with Crippen molar-refractivity contribution in [2.45, 2.75) is 40.0 Å². The van der Waals surface area contributed by atoms with Gasteiger partial charge in [-0.25, -0.2) is 0 Å². The SMILES string of the molecule is C=N/C=C(CCC)\C(C)=N/CCC. The lowest BCUT2D eigenvalue weighted by Gasteiger charge is -2.03. The Hall–Kier alpha value is -0.920. The fourth-order valence-electron chi connectivity index (χ4n) is 1.10. The molecule has 0 N–H and O–H groups in total. The molecule has 2 heteroatoms. The summed E-state index contributed by atoms with van der Waals surface area (Å²) in [6, 6.07) is 0. The van der Waals surface area contributed by atoms with E-state index in [2.05, 4.69) is 30.5 Å². The molecule has 2 nitrogen and oxygen atoms in total. The first kappa shape index (κ1) is 12.1. The molecule has 0 saturated heterocycles. The molecule has 0 rings (SSSR count). The molecule has 0 spiro atoms. The normalized spacial score (nSPS) is 13.2. The van der Waals surface area contributed by atoms with Crippen molar-refractivity contribution in [3.05, 3.63) is 11.8 Å². The standard InChI is InChI=1S/C11H20N2/c1-5-7-11(9-12-4)10(3)13-8-6-2/h9H,4-8H2,1-3H3/b11-9-,13-10-. The van der Waals surface area contributed by atoms with E-state index in [1.807, 2.05) is 13.1 Å². The van der Waals surface area contributed by atoms with Crippen molar-refractivity contribution in [3.8, 4) is 0 Å².